The Morgan fingerprint density at radius 2 is 2.30 bits per heavy atom. The number of rotatable bonds is 5. The van der Waals surface area contributed by atoms with E-state index in [1.165, 1.54) is 16.4 Å². The summed E-state index contributed by atoms with van der Waals surface area (Å²) in [6, 6.07) is 8.08. The van der Waals surface area contributed by atoms with Crippen molar-refractivity contribution >= 4 is 10.0 Å². The molecule has 0 radical (unpaired) electrons. The summed E-state index contributed by atoms with van der Waals surface area (Å²) in [4.78, 5) is 0.163. The maximum absolute atomic E-state index is 12.6. The zero-order valence-electron chi connectivity index (χ0n) is 11.4. The van der Waals surface area contributed by atoms with Crippen LogP contribution in [0.1, 0.15) is 25.3 Å². The third kappa shape index (κ3) is 3.18. The molecule has 6 heteroatoms. The third-order valence-corrected chi connectivity index (χ3v) is 5.32. The number of ether oxygens (including phenoxy) is 1. The fourth-order valence-corrected chi connectivity index (χ4v) is 3.81. The van der Waals surface area contributed by atoms with Crippen molar-refractivity contribution in [2.45, 2.75) is 30.8 Å². The molecule has 0 aromatic heterocycles. The van der Waals surface area contributed by atoms with Gasteiger partial charge in [0, 0.05) is 19.7 Å². The van der Waals surface area contributed by atoms with Crippen molar-refractivity contribution in [3.8, 4) is 6.07 Å². The van der Waals surface area contributed by atoms with Crippen LogP contribution >= 0.6 is 0 Å². The van der Waals surface area contributed by atoms with Crippen LogP contribution in [0.2, 0.25) is 0 Å². The van der Waals surface area contributed by atoms with E-state index in [1.54, 1.807) is 19.1 Å². The molecule has 2 rings (SSSR count). The lowest BCUT2D eigenvalue weighted by Gasteiger charge is -2.23. The molecule has 1 fully saturated rings. The van der Waals surface area contributed by atoms with Crippen LogP contribution in [0.15, 0.2) is 29.2 Å². The minimum absolute atomic E-state index is 0.0242. The summed E-state index contributed by atoms with van der Waals surface area (Å²) in [5.74, 6) is 0. The van der Waals surface area contributed by atoms with Gasteiger partial charge in [-0.3, -0.25) is 0 Å². The fraction of sp³-hybridized carbons (Fsp3) is 0.500. The van der Waals surface area contributed by atoms with Crippen LogP contribution in [0.3, 0.4) is 0 Å². The molecule has 1 unspecified atom stereocenters. The van der Waals surface area contributed by atoms with Gasteiger partial charge in [0.15, 0.2) is 0 Å². The minimum Gasteiger partial charge on any atom is -0.377 e. The molecule has 1 atom stereocenters. The Bertz CT molecular complexity index is 601. The van der Waals surface area contributed by atoms with Gasteiger partial charge in [-0.05, 0) is 31.0 Å². The van der Waals surface area contributed by atoms with E-state index in [-0.39, 0.29) is 11.0 Å². The van der Waals surface area contributed by atoms with Crippen LogP contribution in [0.4, 0.5) is 0 Å². The topological polar surface area (TPSA) is 70.4 Å². The summed E-state index contributed by atoms with van der Waals surface area (Å²) in [5.41, 5.74) is 0.347. The van der Waals surface area contributed by atoms with Crippen molar-refractivity contribution in [3.63, 3.8) is 0 Å². The van der Waals surface area contributed by atoms with Crippen LogP contribution in [-0.4, -0.2) is 38.5 Å². The lowest BCUT2D eigenvalue weighted by molar-refractivity contribution is 0.0947. The van der Waals surface area contributed by atoms with E-state index in [4.69, 9.17) is 10.00 Å². The normalized spacial score (nSPS) is 19.1. The van der Waals surface area contributed by atoms with Gasteiger partial charge in [-0.2, -0.15) is 9.57 Å². The van der Waals surface area contributed by atoms with Gasteiger partial charge in [0.25, 0.3) is 0 Å². The standard InChI is InChI=1S/C14H18N2O3S/c1-2-16(11-13-6-4-8-19-13)20(17,18)14-7-3-5-12(9-14)10-15/h3,5,7,9,13H,2,4,6,8,11H2,1H3. The number of likely N-dealkylation sites (N-methyl/N-ethyl adjacent to an activating group) is 1. The molecule has 1 aromatic carbocycles. The SMILES string of the molecule is CCN(CC1CCCO1)S(=O)(=O)c1cccc(C#N)c1. The number of benzene rings is 1. The molecular formula is C14H18N2O3S. The largest absolute Gasteiger partial charge is 0.377 e. The first-order chi connectivity index (χ1) is 9.57. The summed E-state index contributed by atoms with van der Waals surface area (Å²) >= 11 is 0. The molecule has 1 aliphatic rings. The first kappa shape index (κ1) is 15.0. The van der Waals surface area contributed by atoms with Gasteiger partial charge in [-0.25, -0.2) is 8.42 Å². The predicted molar refractivity (Wildman–Crippen MR) is 74.6 cm³/mol. The Morgan fingerprint density at radius 1 is 1.50 bits per heavy atom. The quantitative estimate of drug-likeness (QED) is 0.829. The van der Waals surface area contributed by atoms with Crippen LogP contribution in [0.25, 0.3) is 0 Å². The van der Waals surface area contributed by atoms with E-state index in [2.05, 4.69) is 0 Å². The van der Waals surface area contributed by atoms with Crippen LogP contribution < -0.4 is 0 Å². The number of hydrogen-bond donors (Lipinski definition) is 0. The number of nitriles is 1. The van der Waals surface area contributed by atoms with E-state index in [1.807, 2.05) is 6.07 Å². The highest BCUT2D eigenvalue weighted by molar-refractivity contribution is 7.89. The first-order valence-electron chi connectivity index (χ1n) is 6.70. The van der Waals surface area contributed by atoms with E-state index in [0.29, 0.717) is 25.3 Å². The molecule has 1 aromatic rings. The predicted octanol–water partition coefficient (Wildman–Crippen LogP) is 1.75. The molecule has 0 spiro atoms. The average molecular weight is 294 g/mol. The summed E-state index contributed by atoms with van der Waals surface area (Å²) in [6.07, 6.45) is 1.85. The third-order valence-electron chi connectivity index (χ3n) is 3.38. The summed E-state index contributed by atoms with van der Waals surface area (Å²) in [6.45, 7) is 3.27. The maximum atomic E-state index is 12.6. The molecule has 1 aliphatic heterocycles. The van der Waals surface area contributed by atoms with E-state index < -0.39 is 10.0 Å². The summed E-state index contributed by atoms with van der Waals surface area (Å²) in [7, 11) is -3.57. The zero-order valence-corrected chi connectivity index (χ0v) is 12.3. The first-order valence-corrected chi connectivity index (χ1v) is 8.14. The Balaban J connectivity index is 2.23. The molecule has 0 bridgehead atoms. The minimum atomic E-state index is -3.57. The molecule has 0 saturated carbocycles. The monoisotopic (exact) mass is 294 g/mol. The molecule has 0 N–H and O–H groups in total. The summed E-state index contributed by atoms with van der Waals surface area (Å²) < 4.78 is 32.1. The van der Waals surface area contributed by atoms with Crippen molar-refractivity contribution in [2.75, 3.05) is 19.7 Å². The smallest absolute Gasteiger partial charge is 0.243 e. The van der Waals surface area contributed by atoms with E-state index in [9.17, 15) is 8.42 Å². The van der Waals surface area contributed by atoms with Crippen molar-refractivity contribution in [1.82, 2.24) is 4.31 Å². The molecule has 1 saturated heterocycles. The second-order valence-electron chi connectivity index (χ2n) is 4.73. The van der Waals surface area contributed by atoms with Crippen LogP contribution in [0, 0.1) is 11.3 Å². The lowest BCUT2D eigenvalue weighted by Crippen LogP contribution is -2.37. The van der Waals surface area contributed by atoms with Gasteiger partial charge in [-0.1, -0.05) is 13.0 Å². The highest BCUT2D eigenvalue weighted by Gasteiger charge is 2.27. The lowest BCUT2D eigenvalue weighted by atomic mass is 10.2. The molecule has 0 aliphatic carbocycles. The van der Waals surface area contributed by atoms with E-state index >= 15 is 0 Å². The van der Waals surface area contributed by atoms with Gasteiger partial charge in [0.1, 0.15) is 0 Å². The Kier molecular flexibility index (Phi) is 4.76. The maximum Gasteiger partial charge on any atom is 0.243 e. The molecule has 20 heavy (non-hydrogen) atoms. The van der Waals surface area contributed by atoms with Crippen LogP contribution in [-0.2, 0) is 14.8 Å². The Labute approximate surface area is 119 Å². The molecule has 5 nitrogen and oxygen atoms in total. The number of hydrogen-bond acceptors (Lipinski definition) is 4. The second-order valence-corrected chi connectivity index (χ2v) is 6.67. The van der Waals surface area contributed by atoms with Crippen molar-refractivity contribution in [1.29, 1.82) is 5.26 Å². The van der Waals surface area contributed by atoms with Crippen LogP contribution in [0.5, 0.6) is 0 Å². The highest BCUT2D eigenvalue weighted by atomic mass is 32.2. The second kappa shape index (κ2) is 6.35. The van der Waals surface area contributed by atoms with Gasteiger partial charge >= 0.3 is 0 Å². The highest BCUT2D eigenvalue weighted by Crippen LogP contribution is 2.20. The van der Waals surface area contributed by atoms with Crippen molar-refractivity contribution < 1.29 is 13.2 Å². The van der Waals surface area contributed by atoms with Crippen molar-refractivity contribution in [3.05, 3.63) is 29.8 Å². The van der Waals surface area contributed by atoms with E-state index in [0.717, 1.165) is 12.8 Å². The average Bonchev–Trinajstić information content (AvgIpc) is 2.97. The fourth-order valence-electron chi connectivity index (χ4n) is 2.29. The van der Waals surface area contributed by atoms with Gasteiger partial charge in [-0.15, -0.1) is 0 Å². The molecule has 108 valence electrons. The summed E-state index contributed by atoms with van der Waals surface area (Å²) in [5, 5.41) is 8.87. The van der Waals surface area contributed by atoms with Gasteiger partial charge in [0.2, 0.25) is 10.0 Å². The van der Waals surface area contributed by atoms with Crippen molar-refractivity contribution in [2.24, 2.45) is 0 Å². The van der Waals surface area contributed by atoms with Gasteiger partial charge in [0.05, 0.1) is 22.6 Å². The Hall–Kier alpha value is -1.42. The molecule has 1 heterocycles. The molecular weight excluding hydrogens is 276 g/mol. The Morgan fingerprint density at radius 3 is 2.90 bits per heavy atom. The number of nitrogens with zero attached hydrogens (tertiary/aromatic N) is 2. The van der Waals surface area contributed by atoms with Gasteiger partial charge < -0.3 is 4.74 Å². The number of sulfonamides is 1. The zero-order chi connectivity index (χ0) is 14.6. The molecule has 0 amide bonds.